The first-order valence-electron chi connectivity index (χ1n) is 6.65. The van der Waals surface area contributed by atoms with Gasteiger partial charge in [0.2, 0.25) is 0 Å². The summed E-state index contributed by atoms with van der Waals surface area (Å²) >= 11 is 5.37. The molecule has 1 aliphatic heterocycles. The summed E-state index contributed by atoms with van der Waals surface area (Å²) in [5, 5.41) is 6.82. The van der Waals surface area contributed by atoms with Gasteiger partial charge in [0, 0.05) is 37.1 Å². The summed E-state index contributed by atoms with van der Waals surface area (Å²) in [6, 6.07) is 4.87. The third kappa shape index (κ3) is 4.31. The zero-order valence-electron chi connectivity index (χ0n) is 10.9. The number of piperazine rings is 1. The Labute approximate surface area is 122 Å². The third-order valence-corrected chi connectivity index (χ3v) is 5.20. The van der Waals surface area contributed by atoms with Crippen LogP contribution in [-0.2, 0) is 0 Å². The smallest absolute Gasteiger partial charge is 0.0701 e. The van der Waals surface area contributed by atoms with E-state index in [1.165, 1.54) is 41.1 Å². The lowest BCUT2D eigenvalue weighted by Crippen LogP contribution is -2.43. The highest BCUT2D eigenvalue weighted by molar-refractivity contribution is 9.11. The second kappa shape index (κ2) is 7.60. The number of hydrogen-bond donors (Lipinski definition) is 2. The molecule has 0 radical (unpaired) electrons. The molecule has 3 nitrogen and oxygen atoms in total. The Balaban J connectivity index is 1.73. The Hall–Kier alpha value is 0.0600. The molecule has 0 spiro atoms. The average molecular weight is 332 g/mol. The number of nitrogens with zero attached hydrogens (tertiary/aromatic N) is 1. The van der Waals surface area contributed by atoms with Crippen molar-refractivity contribution in [3.63, 3.8) is 0 Å². The Morgan fingerprint density at radius 2 is 2.22 bits per heavy atom. The van der Waals surface area contributed by atoms with Crippen molar-refractivity contribution in [3.05, 3.63) is 20.8 Å². The molecule has 0 amide bonds. The van der Waals surface area contributed by atoms with Crippen LogP contribution in [0, 0.1) is 0 Å². The number of nitrogens with one attached hydrogen (secondary N) is 2. The lowest BCUT2D eigenvalue weighted by Gasteiger charge is -2.27. The summed E-state index contributed by atoms with van der Waals surface area (Å²) in [6.07, 6.45) is 2.48. The lowest BCUT2D eigenvalue weighted by molar-refractivity contribution is 0.233. The summed E-state index contributed by atoms with van der Waals surface area (Å²) in [4.78, 5) is 4.00. The van der Waals surface area contributed by atoms with E-state index in [9.17, 15) is 0 Å². The minimum atomic E-state index is 0.504. The van der Waals surface area contributed by atoms with Crippen molar-refractivity contribution in [2.75, 3.05) is 39.8 Å². The van der Waals surface area contributed by atoms with Gasteiger partial charge in [-0.15, -0.1) is 11.3 Å². The maximum absolute atomic E-state index is 3.54. The Kier molecular flexibility index (Phi) is 6.11. The first kappa shape index (κ1) is 14.5. The summed E-state index contributed by atoms with van der Waals surface area (Å²) in [7, 11) is 2.06. The minimum absolute atomic E-state index is 0.504. The monoisotopic (exact) mass is 331 g/mol. The SMILES string of the molecule is CNC(CCCN1CCNCC1)c1ccc(Br)s1. The van der Waals surface area contributed by atoms with Gasteiger partial charge in [0.25, 0.3) is 0 Å². The van der Waals surface area contributed by atoms with Crippen LogP contribution < -0.4 is 10.6 Å². The molecular weight excluding hydrogens is 310 g/mol. The van der Waals surface area contributed by atoms with E-state index in [0.717, 1.165) is 13.1 Å². The molecule has 1 aromatic heterocycles. The molecule has 0 saturated carbocycles. The molecule has 2 heterocycles. The minimum Gasteiger partial charge on any atom is -0.314 e. The highest BCUT2D eigenvalue weighted by Gasteiger charge is 2.13. The van der Waals surface area contributed by atoms with Crippen molar-refractivity contribution in [2.24, 2.45) is 0 Å². The maximum atomic E-state index is 3.54. The summed E-state index contributed by atoms with van der Waals surface area (Å²) in [6.45, 7) is 5.93. The summed E-state index contributed by atoms with van der Waals surface area (Å²) < 4.78 is 1.22. The molecule has 1 saturated heterocycles. The predicted octanol–water partition coefficient (Wildman–Crippen LogP) is 2.46. The molecule has 0 aromatic carbocycles. The van der Waals surface area contributed by atoms with E-state index in [-0.39, 0.29) is 0 Å². The zero-order valence-corrected chi connectivity index (χ0v) is 13.3. The zero-order chi connectivity index (χ0) is 12.8. The van der Waals surface area contributed by atoms with E-state index in [4.69, 9.17) is 0 Å². The molecule has 1 aliphatic rings. The molecule has 5 heteroatoms. The molecule has 1 fully saturated rings. The van der Waals surface area contributed by atoms with E-state index in [1.54, 1.807) is 0 Å². The number of halogens is 1. The second-order valence-electron chi connectivity index (χ2n) is 4.72. The molecule has 2 N–H and O–H groups in total. The van der Waals surface area contributed by atoms with Crippen LogP contribution >= 0.6 is 27.3 Å². The highest BCUT2D eigenvalue weighted by atomic mass is 79.9. The van der Waals surface area contributed by atoms with E-state index < -0.39 is 0 Å². The maximum Gasteiger partial charge on any atom is 0.0701 e. The van der Waals surface area contributed by atoms with Crippen LogP contribution in [0.15, 0.2) is 15.9 Å². The van der Waals surface area contributed by atoms with Crippen LogP contribution in [0.2, 0.25) is 0 Å². The van der Waals surface area contributed by atoms with Crippen molar-refractivity contribution in [2.45, 2.75) is 18.9 Å². The standard InChI is InChI=1S/C13H22BrN3S/c1-15-11(12-4-5-13(14)18-12)3-2-8-17-9-6-16-7-10-17/h4-5,11,15-16H,2-3,6-10H2,1H3. The van der Waals surface area contributed by atoms with Crippen LogP contribution in [0.3, 0.4) is 0 Å². The lowest BCUT2D eigenvalue weighted by atomic mass is 10.1. The second-order valence-corrected chi connectivity index (χ2v) is 7.21. The van der Waals surface area contributed by atoms with Gasteiger partial charge in [-0.1, -0.05) is 0 Å². The fourth-order valence-corrected chi connectivity index (χ4v) is 3.97. The van der Waals surface area contributed by atoms with Crippen LogP contribution in [0.1, 0.15) is 23.8 Å². The quantitative estimate of drug-likeness (QED) is 0.838. The molecular formula is C13H22BrN3S. The Bertz CT molecular complexity index is 350. The van der Waals surface area contributed by atoms with Crippen molar-refractivity contribution in [1.29, 1.82) is 0 Å². The summed E-state index contributed by atoms with van der Waals surface area (Å²) in [5.74, 6) is 0. The van der Waals surface area contributed by atoms with Gasteiger partial charge >= 0.3 is 0 Å². The molecule has 1 atom stereocenters. The van der Waals surface area contributed by atoms with Gasteiger partial charge < -0.3 is 15.5 Å². The Morgan fingerprint density at radius 3 is 2.83 bits per heavy atom. The van der Waals surface area contributed by atoms with Crippen molar-refractivity contribution in [3.8, 4) is 0 Å². The van der Waals surface area contributed by atoms with Crippen LogP contribution in [0.5, 0.6) is 0 Å². The van der Waals surface area contributed by atoms with Crippen molar-refractivity contribution >= 4 is 27.3 Å². The van der Waals surface area contributed by atoms with Gasteiger partial charge in [0.05, 0.1) is 3.79 Å². The van der Waals surface area contributed by atoms with Crippen LogP contribution in [0.25, 0.3) is 0 Å². The van der Waals surface area contributed by atoms with Crippen molar-refractivity contribution < 1.29 is 0 Å². The van der Waals surface area contributed by atoms with Gasteiger partial charge in [-0.05, 0) is 54.5 Å². The highest BCUT2D eigenvalue weighted by Crippen LogP contribution is 2.29. The third-order valence-electron chi connectivity index (χ3n) is 3.46. The van der Waals surface area contributed by atoms with Gasteiger partial charge in [0.1, 0.15) is 0 Å². The van der Waals surface area contributed by atoms with E-state index >= 15 is 0 Å². The number of rotatable bonds is 6. The first-order valence-corrected chi connectivity index (χ1v) is 8.26. The fourth-order valence-electron chi connectivity index (χ4n) is 2.40. The largest absolute Gasteiger partial charge is 0.314 e. The average Bonchev–Trinajstić information content (AvgIpc) is 2.82. The first-order chi connectivity index (χ1) is 8.79. The van der Waals surface area contributed by atoms with Crippen LogP contribution in [-0.4, -0.2) is 44.7 Å². The van der Waals surface area contributed by atoms with Gasteiger partial charge in [-0.3, -0.25) is 0 Å². The van der Waals surface area contributed by atoms with E-state index in [2.05, 4.69) is 50.6 Å². The van der Waals surface area contributed by atoms with Gasteiger partial charge in [-0.25, -0.2) is 0 Å². The molecule has 102 valence electrons. The number of hydrogen-bond acceptors (Lipinski definition) is 4. The number of thiophene rings is 1. The van der Waals surface area contributed by atoms with Crippen LogP contribution in [0.4, 0.5) is 0 Å². The van der Waals surface area contributed by atoms with E-state index in [1.807, 2.05) is 11.3 Å². The topological polar surface area (TPSA) is 27.3 Å². The fraction of sp³-hybridized carbons (Fsp3) is 0.692. The molecule has 1 aromatic rings. The Morgan fingerprint density at radius 1 is 1.44 bits per heavy atom. The molecule has 2 rings (SSSR count). The molecule has 1 unspecified atom stereocenters. The molecule has 18 heavy (non-hydrogen) atoms. The molecule has 0 bridgehead atoms. The van der Waals surface area contributed by atoms with E-state index in [0.29, 0.717) is 6.04 Å². The summed E-state index contributed by atoms with van der Waals surface area (Å²) in [5.41, 5.74) is 0. The van der Waals surface area contributed by atoms with Crippen molar-refractivity contribution in [1.82, 2.24) is 15.5 Å². The van der Waals surface area contributed by atoms with Gasteiger partial charge in [0.15, 0.2) is 0 Å². The molecule has 0 aliphatic carbocycles. The predicted molar refractivity (Wildman–Crippen MR) is 82.4 cm³/mol. The van der Waals surface area contributed by atoms with Gasteiger partial charge in [-0.2, -0.15) is 0 Å². The normalized spacial score (nSPS) is 19.0.